The van der Waals surface area contributed by atoms with Gasteiger partial charge in [-0.3, -0.25) is 37.9 Å². The molecule has 0 aromatic carbocycles. The number of nitrogen functional groups attached to an aromatic ring is 1. The molecule has 2 fully saturated rings. The van der Waals surface area contributed by atoms with Crippen molar-refractivity contribution in [3.8, 4) is 0 Å². The number of nitrogens with two attached hydrogens (primary N) is 1. The molecular weight excluding hydrogens is 658 g/mol. The molecule has 2 aromatic rings. The molecule has 11 unspecified atom stereocenters. The Balaban J connectivity index is 1.26. The van der Waals surface area contributed by atoms with Crippen LogP contribution < -0.4 is 11.3 Å². The van der Waals surface area contributed by atoms with Gasteiger partial charge in [0.25, 0.3) is 17.4 Å². The van der Waals surface area contributed by atoms with Gasteiger partial charge < -0.3 is 50.5 Å². The van der Waals surface area contributed by atoms with Crippen molar-refractivity contribution < 1.29 is 76.9 Å². The van der Waals surface area contributed by atoms with Gasteiger partial charge in [-0.2, -0.15) is 9.29 Å². The first kappa shape index (κ1) is 33.4. The summed E-state index contributed by atoms with van der Waals surface area (Å²) in [6.07, 6.45) is -12.0. The van der Waals surface area contributed by atoms with Crippen LogP contribution in [0.5, 0.6) is 0 Å². The predicted molar refractivity (Wildman–Crippen MR) is 139 cm³/mol. The number of aromatic nitrogens is 4. The summed E-state index contributed by atoms with van der Waals surface area (Å²) in [6, 6.07) is -2.00. The zero-order chi connectivity index (χ0) is 33.0. The van der Waals surface area contributed by atoms with E-state index in [9.17, 15) is 58.8 Å². The molecule has 5 heterocycles. The monoisotopic (exact) mass is 684 g/mol. The average Bonchev–Trinajstić information content (AvgIpc) is 3.60. The molecule has 5 rings (SSSR count). The Morgan fingerprint density at radius 3 is 2.24 bits per heavy atom. The third-order valence-electron chi connectivity index (χ3n) is 6.90. The topological polar surface area (TPSA) is 349 Å². The number of carbonyl (C=O) groups excluding carboxylic acids is 2. The maximum atomic E-state index is 12.7. The minimum Gasteiger partial charge on any atom is -0.394 e. The van der Waals surface area contributed by atoms with Gasteiger partial charge in [0.2, 0.25) is 5.95 Å². The van der Waals surface area contributed by atoms with Crippen molar-refractivity contribution in [1.82, 2.24) is 24.4 Å². The highest BCUT2D eigenvalue weighted by atomic mass is 31.3. The van der Waals surface area contributed by atoms with Crippen LogP contribution in [0.3, 0.4) is 0 Å². The van der Waals surface area contributed by atoms with E-state index in [0.717, 1.165) is 23.0 Å². The molecule has 3 aliphatic heterocycles. The molecule has 2 amide bonds. The molecule has 2 aromatic heterocycles. The number of hydrogen-bond acceptors (Lipinski definition) is 18. The van der Waals surface area contributed by atoms with Gasteiger partial charge in [-0.1, -0.05) is 0 Å². The van der Waals surface area contributed by atoms with Crippen molar-refractivity contribution >= 4 is 44.6 Å². The number of phosphoric ester groups is 2. The minimum atomic E-state index is -5.79. The lowest BCUT2D eigenvalue weighted by Gasteiger charge is -2.44. The summed E-state index contributed by atoms with van der Waals surface area (Å²) >= 11 is 0. The molecule has 0 radical (unpaired) electrons. The van der Waals surface area contributed by atoms with Crippen LogP contribution in [0, 0.1) is 0 Å². The maximum absolute atomic E-state index is 12.7. The number of ether oxygens (including phenoxy) is 2. The third kappa shape index (κ3) is 6.50. The summed E-state index contributed by atoms with van der Waals surface area (Å²) in [7, 11) is -11.4. The normalized spacial score (nSPS) is 34.8. The van der Waals surface area contributed by atoms with Gasteiger partial charge in [0.1, 0.15) is 42.7 Å². The van der Waals surface area contributed by atoms with E-state index in [4.69, 9.17) is 19.7 Å². The van der Waals surface area contributed by atoms with Gasteiger partial charge in [-0.15, -0.1) is 0 Å². The molecule has 45 heavy (non-hydrogen) atoms. The molecule has 0 spiro atoms. The molecular formula is C20H26N6O17P2. The van der Waals surface area contributed by atoms with Gasteiger partial charge in [-0.25, -0.2) is 14.1 Å². The number of carbonyl (C=O) groups is 2. The van der Waals surface area contributed by atoms with E-state index in [1.165, 1.54) is 0 Å². The van der Waals surface area contributed by atoms with Crippen LogP contribution in [0.25, 0.3) is 11.2 Å². The van der Waals surface area contributed by atoms with E-state index < -0.39 is 101 Å². The molecule has 0 aliphatic carbocycles. The number of imide groups is 1. The number of nitrogens with zero attached hydrogens (tertiary/aromatic N) is 4. The fourth-order valence-corrected chi connectivity index (χ4v) is 6.99. The van der Waals surface area contributed by atoms with Crippen LogP contribution >= 0.6 is 15.6 Å². The lowest BCUT2D eigenvalue weighted by Crippen LogP contribution is -2.65. The van der Waals surface area contributed by atoms with Crippen LogP contribution in [-0.4, -0.2) is 134 Å². The largest absolute Gasteiger partial charge is 0.483 e. The van der Waals surface area contributed by atoms with Gasteiger partial charge >= 0.3 is 15.6 Å². The number of amides is 2. The van der Waals surface area contributed by atoms with Crippen molar-refractivity contribution in [1.29, 1.82) is 0 Å². The molecule has 0 saturated carbocycles. The zero-order valence-corrected chi connectivity index (χ0v) is 24.1. The summed E-state index contributed by atoms with van der Waals surface area (Å²) in [4.78, 5) is 67.1. The second-order valence-electron chi connectivity index (χ2n) is 9.82. The van der Waals surface area contributed by atoms with E-state index in [1.807, 2.05) is 0 Å². The molecule has 10 N–H and O–H groups in total. The van der Waals surface area contributed by atoms with Crippen molar-refractivity contribution in [2.45, 2.75) is 55.2 Å². The predicted octanol–water partition coefficient (Wildman–Crippen LogP) is -4.70. The first-order valence-electron chi connectivity index (χ1n) is 12.6. The minimum absolute atomic E-state index is 0.138. The summed E-state index contributed by atoms with van der Waals surface area (Å²) in [5, 5.41) is 51.1. The first-order chi connectivity index (χ1) is 21.0. The van der Waals surface area contributed by atoms with E-state index in [1.54, 1.807) is 0 Å². The van der Waals surface area contributed by atoms with Gasteiger partial charge in [0.15, 0.2) is 23.7 Å². The molecule has 248 valence electrons. The number of aliphatic hydroxyl groups excluding tert-OH is 5. The van der Waals surface area contributed by atoms with E-state index in [0.29, 0.717) is 4.90 Å². The summed E-state index contributed by atoms with van der Waals surface area (Å²) in [6.45, 7) is -2.03. The quantitative estimate of drug-likeness (QED) is 0.0838. The highest BCUT2D eigenvalue weighted by Gasteiger charge is 2.54. The number of imidazole rings is 1. The lowest BCUT2D eigenvalue weighted by atomic mass is 9.96. The second kappa shape index (κ2) is 12.3. The number of aliphatic hydroxyl groups is 5. The van der Waals surface area contributed by atoms with E-state index >= 15 is 0 Å². The summed E-state index contributed by atoms with van der Waals surface area (Å²) in [5.41, 5.74) is 4.50. The molecule has 3 aliphatic rings. The summed E-state index contributed by atoms with van der Waals surface area (Å²) in [5.74, 6) is -2.37. The Bertz CT molecular complexity index is 1650. The van der Waals surface area contributed by atoms with Crippen molar-refractivity contribution in [2.24, 2.45) is 0 Å². The number of nitrogens with one attached hydrogen (secondary N) is 1. The Hall–Kier alpha value is -2.99. The SMILES string of the molecule is Nc1nc2c(ncn2C2OC(COP(=O)(O)OP(=O)(O)OC3OC(CO)C(O)C(O)C3N3C(=O)C=CC3=O)C(O)C2O)c(=O)[nH]1. The number of phosphoric acid groups is 2. The van der Waals surface area contributed by atoms with E-state index in [2.05, 4.69) is 23.8 Å². The molecule has 11 atom stereocenters. The lowest BCUT2D eigenvalue weighted by molar-refractivity contribution is -0.261. The van der Waals surface area contributed by atoms with Crippen molar-refractivity contribution in [2.75, 3.05) is 18.9 Å². The number of H-pyrrole nitrogens is 1. The zero-order valence-electron chi connectivity index (χ0n) is 22.3. The van der Waals surface area contributed by atoms with Crippen LogP contribution in [0.15, 0.2) is 23.3 Å². The highest BCUT2D eigenvalue weighted by molar-refractivity contribution is 7.61. The third-order valence-corrected chi connectivity index (χ3v) is 9.50. The molecule has 23 nitrogen and oxygen atoms in total. The average molecular weight is 684 g/mol. The number of fused-ring (bicyclic) bond motifs is 1. The fraction of sp³-hybridized carbons (Fsp3) is 0.550. The maximum Gasteiger partial charge on any atom is 0.483 e. The Morgan fingerprint density at radius 2 is 1.60 bits per heavy atom. The molecule has 0 bridgehead atoms. The van der Waals surface area contributed by atoms with Crippen molar-refractivity contribution in [3.05, 3.63) is 28.8 Å². The van der Waals surface area contributed by atoms with Crippen LogP contribution in [0.1, 0.15) is 6.23 Å². The molecule has 2 saturated heterocycles. The standard InChI is InChI=1S/C20H26N6O17P2/c21-20-23-16-10(17(34)24-20)22-5-25(16)18-15(33)13(31)7(40-18)4-39-44(35,36)43-45(37,38)42-19-11(26-8(28)1-2-9(26)29)14(32)12(30)6(3-27)41-19/h1-2,5-7,11-15,18-19,27,30-33H,3-4H2,(H,35,36)(H,37,38)(H3,21,23,24,34). The number of rotatable bonds is 10. The Labute approximate surface area is 249 Å². The number of hydrogen-bond donors (Lipinski definition) is 9. The van der Waals surface area contributed by atoms with Crippen LogP contribution in [0.4, 0.5) is 5.95 Å². The number of aromatic amines is 1. The highest BCUT2D eigenvalue weighted by Crippen LogP contribution is 2.61. The Kier molecular flexibility index (Phi) is 9.13. The Morgan fingerprint density at radius 1 is 0.956 bits per heavy atom. The van der Waals surface area contributed by atoms with Gasteiger partial charge in [0.05, 0.1) is 19.5 Å². The smallest absolute Gasteiger partial charge is 0.394 e. The molecule has 25 heteroatoms. The van der Waals surface area contributed by atoms with Gasteiger partial charge in [-0.05, 0) is 0 Å². The van der Waals surface area contributed by atoms with Crippen molar-refractivity contribution in [3.63, 3.8) is 0 Å². The second-order valence-corrected chi connectivity index (χ2v) is 12.8. The fourth-order valence-electron chi connectivity index (χ4n) is 4.83. The van der Waals surface area contributed by atoms with Crippen LogP contribution in [0.2, 0.25) is 0 Å². The first-order valence-corrected chi connectivity index (χ1v) is 15.6. The summed E-state index contributed by atoms with van der Waals surface area (Å²) < 4.78 is 50.6. The van der Waals surface area contributed by atoms with E-state index in [-0.39, 0.29) is 17.1 Å². The van der Waals surface area contributed by atoms with Gasteiger partial charge in [0, 0.05) is 12.2 Å². The van der Waals surface area contributed by atoms with Crippen LogP contribution in [-0.2, 0) is 41.6 Å². The number of anilines is 1.